The molecule has 0 aliphatic heterocycles. The predicted molar refractivity (Wildman–Crippen MR) is 53.9 cm³/mol. The summed E-state index contributed by atoms with van der Waals surface area (Å²) in [6.07, 6.45) is 3.28. The van der Waals surface area contributed by atoms with Crippen molar-refractivity contribution in [3.63, 3.8) is 0 Å². The van der Waals surface area contributed by atoms with Crippen LogP contribution >= 0.6 is 0 Å². The molecule has 0 N–H and O–H groups in total. The minimum absolute atomic E-state index is 0.116. The van der Waals surface area contributed by atoms with E-state index in [-0.39, 0.29) is 29.8 Å². The van der Waals surface area contributed by atoms with Crippen molar-refractivity contribution in [3.8, 4) is 0 Å². The molecule has 1 aliphatic carbocycles. The van der Waals surface area contributed by atoms with E-state index >= 15 is 0 Å². The van der Waals surface area contributed by atoms with Gasteiger partial charge in [0.05, 0.1) is 13.0 Å². The maximum absolute atomic E-state index is 11.2. The van der Waals surface area contributed by atoms with E-state index in [0.29, 0.717) is 12.5 Å². The Morgan fingerprint density at radius 1 is 1.60 bits per heavy atom. The van der Waals surface area contributed by atoms with Gasteiger partial charge in [-0.2, -0.15) is 0 Å². The fraction of sp³-hybridized carbons (Fsp3) is 0.900. The van der Waals surface area contributed by atoms with Crippen molar-refractivity contribution in [3.05, 3.63) is 10.1 Å². The first-order chi connectivity index (χ1) is 7.11. The second-order valence-corrected chi connectivity index (χ2v) is 4.07. The third kappa shape index (κ3) is 5.34. The lowest BCUT2D eigenvalue weighted by Gasteiger charge is -2.10. The zero-order valence-corrected chi connectivity index (χ0v) is 8.98. The second-order valence-electron chi connectivity index (χ2n) is 4.07. The Morgan fingerprint density at radius 3 is 2.73 bits per heavy atom. The van der Waals surface area contributed by atoms with Gasteiger partial charge < -0.3 is 4.74 Å². The molecule has 0 radical (unpaired) electrons. The lowest BCUT2D eigenvalue weighted by Crippen LogP contribution is -2.20. The van der Waals surface area contributed by atoms with Gasteiger partial charge in [0.15, 0.2) is 0 Å². The minimum atomic E-state index is -0.341. The Morgan fingerprint density at radius 2 is 2.27 bits per heavy atom. The van der Waals surface area contributed by atoms with Crippen LogP contribution in [-0.4, -0.2) is 24.0 Å². The first kappa shape index (κ1) is 11.9. The number of carbonyl (C=O) groups excluding carboxylic acids is 1. The molecule has 0 aromatic rings. The Kier molecular flexibility index (Phi) is 4.52. The van der Waals surface area contributed by atoms with Crippen molar-refractivity contribution < 1.29 is 14.5 Å². The van der Waals surface area contributed by atoms with Crippen LogP contribution in [0.15, 0.2) is 0 Å². The van der Waals surface area contributed by atoms with E-state index in [9.17, 15) is 14.9 Å². The molecule has 86 valence electrons. The van der Waals surface area contributed by atoms with Gasteiger partial charge >= 0.3 is 5.97 Å². The van der Waals surface area contributed by atoms with E-state index in [1.165, 1.54) is 0 Å². The molecular weight excluding hydrogens is 198 g/mol. The molecule has 0 aromatic heterocycles. The van der Waals surface area contributed by atoms with Gasteiger partial charge in [0.2, 0.25) is 6.54 Å². The SMILES string of the molecule is CCOC(=O)CC(CC1CC1)C[N+](=O)[O-]. The summed E-state index contributed by atoms with van der Waals surface area (Å²) in [6, 6.07) is 0. The highest BCUT2D eigenvalue weighted by Gasteiger charge is 2.29. The third-order valence-electron chi connectivity index (χ3n) is 2.53. The summed E-state index contributed by atoms with van der Waals surface area (Å²) in [6.45, 7) is 1.96. The molecule has 0 bridgehead atoms. The number of esters is 1. The fourth-order valence-electron chi connectivity index (χ4n) is 1.71. The van der Waals surface area contributed by atoms with Crippen molar-refractivity contribution in [2.75, 3.05) is 13.2 Å². The van der Waals surface area contributed by atoms with Crippen LogP contribution in [0.4, 0.5) is 0 Å². The van der Waals surface area contributed by atoms with Crippen LogP contribution in [0.1, 0.15) is 32.6 Å². The zero-order valence-electron chi connectivity index (χ0n) is 8.98. The van der Waals surface area contributed by atoms with Crippen LogP contribution in [0.2, 0.25) is 0 Å². The molecule has 1 rings (SSSR count). The lowest BCUT2D eigenvalue weighted by molar-refractivity contribution is -0.488. The number of carbonyl (C=O) groups is 1. The van der Waals surface area contributed by atoms with E-state index in [4.69, 9.17) is 4.74 Å². The zero-order chi connectivity index (χ0) is 11.3. The van der Waals surface area contributed by atoms with Gasteiger partial charge in [-0.25, -0.2) is 0 Å². The molecule has 1 aliphatic rings. The summed E-state index contributed by atoms with van der Waals surface area (Å²) in [5.74, 6) is 0.140. The van der Waals surface area contributed by atoms with E-state index in [0.717, 1.165) is 19.3 Å². The van der Waals surface area contributed by atoms with Gasteiger partial charge in [-0.1, -0.05) is 12.8 Å². The normalized spacial score (nSPS) is 17.1. The standard InChI is InChI=1S/C10H17NO4/c1-2-15-10(12)6-9(7-11(13)14)5-8-3-4-8/h8-9H,2-7H2,1H3. The monoisotopic (exact) mass is 215 g/mol. The number of hydrogen-bond acceptors (Lipinski definition) is 4. The highest BCUT2D eigenvalue weighted by Crippen LogP contribution is 2.36. The number of hydrogen-bond donors (Lipinski definition) is 0. The number of rotatable bonds is 7. The van der Waals surface area contributed by atoms with Crippen LogP contribution < -0.4 is 0 Å². The predicted octanol–water partition coefficient (Wildman–Crippen LogP) is 1.63. The van der Waals surface area contributed by atoms with Crippen LogP contribution in [-0.2, 0) is 9.53 Å². The fourth-order valence-corrected chi connectivity index (χ4v) is 1.71. The van der Waals surface area contributed by atoms with E-state index in [1.807, 2.05) is 0 Å². The summed E-state index contributed by atoms with van der Waals surface area (Å²) in [4.78, 5) is 21.3. The highest BCUT2D eigenvalue weighted by molar-refractivity contribution is 5.69. The Balaban J connectivity index is 2.32. The molecule has 5 heteroatoms. The number of nitrogens with zero attached hydrogens (tertiary/aromatic N) is 1. The number of nitro groups is 1. The largest absolute Gasteiger partial charge is 0.466 e. The van der Waals surface area contributed by atoms with Crippen LogP contribution in [0, 0.1) is 22.0 Å². The average molecular weight is 215 g/mol. The molecular formula is C10H17NO4. The van der Waals surface area contributed by atoms with Crippen LogP contribution in [0.25, 0.3) is 0 Å². The van der Waals surface area contributed by atoms with Gasteiger partial charge in [0.1, 0.15) is 0 Å². The van der Waals surface area contributed by atoms with Crippen molar-refractivity contribution >= 4 is 5.97 Å². The summed E-state index contributed by atoms with van der Waals surface area (Å²) >= 11 is 0. The van der Waals surface area contributed by atoms with Gasteiger partial charge in [0, 0.05) is 10.8 Å². The average Bonchev–Trinajstić information content (AvgIpc) is 2.86. The van der Waals surface area contributed by atoms with E-state index < -0.39 is 0 Å². The first-order valence-corrected chi connectivity index (χ1v) is 5.39. The molecule has 1 saturated carbocycles. The molecule has 0 heterocycles. The third-order valence-corrected chi connectivity index (χ3v) is 2.53. The van der Waals surface area contributed by atoms with Gasteiger partial charge in [-0.15, -0.1) is 0 Å². The molecule has 5 nitrogen and oxygen atoms in total. The quantitative estimate of drug-likeness (QED) is 0.367. The maximum Gasteiger partial charge on any atom is 0.306 e. The van der Waals surface area contributed by atoms with Crippen molar-refractivity contribution in [2.24, 2.45) is 11.8 Å². The van der Waals surface area contributed by atoms with E-state index in [2.05, 4.69) is 0 Å². The first-order valence-electron chi connectivity index (χ1n) is 5.39. The van der Waals surface area contributed by atoms with Crippen molar-refractivity contribution in [2.45, 2.75) is 32.6 Å². The van der Waals surface area contributed by atoms with Crippen LogP contribution in [0.5, 0.6) is 0 Å². The lowest BCUT2D eigenvalue weighted by atomic mass is 9.99. The maximum atomic E-state index is 11.2. The van der Waals surface area contributed by atoms with Crippen LogP contribution in [0.3, 0.4) is 0 Å². The van der Waals surface area contributed by atoms with Gasteiger partial charge in [0.25, 0.3) is 0 Å². The molecule has 1 fully saturated rings. The minimum Gasteiger partial charge on any atom is -0.466 e. The second kappa shape index (κ2) is 5.68. The molecule has 0 spiro atoms. The van der Waals surface area contributed by atoms with Crippen molar-refractivity contribution in [1.29, 1.82) is 0 Å². The number of ether oxygens (including phenoxy) is 1. The Bertz CT molecular complexity index is 238. The van der Waals surface area contributed by atoms with Gasteiger partial charge in [-0.05, 0) is 19.3 Å². The summed E-state index contributed by atoms with van der Waals surface area (Å²) in [5, 5.41) is 10.4. The Labute approximate surface area is 88.9 Å². The Hall–Kier alpha value is -1.13. The molecule has 0 amide bonds. The smallest absolute Gasteiger partial charge is 0.306 e. The summed E-state index contributed by atoms with van der Waals surface area (Å²) in [7, 11) is 0. The molecule has 1 unspecified atom stereocenters. The topological polar surface area (TPSA) is 69.4 Å². The van der Waals surface area contributed by atoms with Crippen molar-refractivity contribution in [1.82, 2.24) is 0 Å². The molecule has 0 aromatic carbocycles. The summed E-state index contributed by atoms with van der Waals surface area (Å²) in [5.41, 5.74) is 0. The molecule has 1 atom stereocenters. The molecule has 0 saturated heterocycles. The molecule has 15 heavy (non-hydrogen) atoms. The summed E-state index contributed by atoms with van der Waals surface area (Å²) < 4.78 is 4.79. The van der Waals surface area contributed by atoms with E-state index in [1.54, 1.807) is 6.92 Å². The van der Waals surface area contributed by atoms with Gasteiger partial charge in [-0.3, -0.25) is 14.9 Å². The highest BCUT2D eigenvalue weighted by atomic mass is 16.6.